The molecule has 1 aliphatic carbocycles. The number of nitrogens with zero attached hydrogens (tertiary/aromatic N) is 3. The van der Waals surface area contributed by atoms with Crippen LogP contribution in [0.2, 0.25) is 0 Å². The first kappa shape index (κ1) is 10.2. The maximum absolute atomic E-state index is 6.01. The van der Waals surface area contributed by atoms with E-state index in [0.29, 0.717) is 11.8 Å². The minimum absolute atomic E-state index is 0.129. The lowest BCUT2D eigenvalue weighted by atomic mass is 9.87. The Labute approximate surface area is 90.5 Å². The maximum atomic E-state index is 6.01. The van der Waals surface area contributed by atoms with E-state index in [1.165, 1.54) is 0 Å². The number of aromatic nitrogens is 2. The van der Waals surface area contributed by atoms with Crippen molar-refractivity contribution in [1.29, 1.82) is 0 Å². The summed E-state index contributed by atoms with van der Waals surface area (Å²) in [6.45, 7) is 4.40. The third-order valence-corrected chi connectivity index (χ3v) is 3.06. The van der Waals surface area contributed by atoms with Crippen LogP contribution < -0.4 is 10.6 Å². The second kappa shape index (κ2) is 3.08. The molecule has 2 rings (SSSR count). The molecule has 1 aromatic rings. The van der Waals surface area contributed by atoms with Gasteiger partial charge in [0, 0.05) is 19.7 Å². The Hall–Kier alpha value is -1.32. The molecule has 1 heterocycles. The van der Waals surface area contributed by atoms with E-state index in [4.69, 9.17) is 5.73 Å². The fourth-order valence-corrected chi connectivity index (χ4v) is 2.19. The van der Waals surface area contributed by atoms with Gasteiger partial charge in [0.2, 0.25) is 5.95 Å². The molecule has 0 bridgehead atoms. The van der Waals surface area contributed by atoms with E-state index >= 15 is 0 Å². The second-order valence-corrected chi connectivity index (χ2v) is 5.01. The molecular weight excluding hydrogens is 188 g/mol. The summed E-state index contributed by atoms with van der Waals surface area (Å²) in [5.41, 5.74) is 8.41. The Balaban J connectivity index is 2.57. The van der Waals surface area contributed by atoms with Gasteiger partial charge < -0.3 is 10.6 Å². The summed E-state index contributed by atoms with van der Waals surface area (Å²) in [6.07, 6.45) is 2.12. The lowest BCUT2D eigenvalue weighted by molar-refractivity contribution is 0.523. The number of fused-ring (bicyclic) bond motifs is 1. The monoisotopic (exact) mass is 206 g/mol. The average Bonchev–Trinajstić information content (AvgIpc) is 2.42. The predicted molar refractivity (Wildman–Crippen MR) is 62.1 cm³/mol. The number of nitrogen functional groups attached to an aromatic ring is 1. The molecule has 0 spiro atoms. The summed E-state index contributed by atoms with van der Waals surface area (Å²) >= 11 is 0. The number of rotatable bonds is 1. The fourth-order valence-electron chi connectivity index (χ4n) is 2.19. The normalized spacial score (nSPS) is 17.6. The lowest BCUT2D eigenvalue weighted by Crippen LogP contribution is -2.19. The standard InChI is InChI=1S/C11H18N4/c1-11(2)6-5-7-8(11)9(12)14-10(13-7)15(3)4/h5-6H2,1-4H3,(H2,12,13,14). The molecule has 0 saturated heterocycles. The van der Waals surface area contributed by atoms with Crippen LogP contribution in [-0.2, 0) is 11.8 Å². The molecule has 0 atom stereocenters. The molecule has 0 aliphatic heterocycles. The summed E-state index contributed by atoms with van der Waals surface area (Å²) < 4.78 is 0. The summed E-state index contributed by atoms with van der Waals surface area (Å²) in [6, 6.07) is 0. The van der Waals surface area contributed by atoms with Gasteiger partial charge in [0.15, 0.2) is 0 Å². The third kappa shape index (κ3) is 1.54. The van der Waals surface area contributed by atoms with Crippen molar-refractivity contribution in [3.05, 3.63) is 11.3 Å². The van der Waals surface area contributed by atoms with Gasteiger partial charge in [0.05, 0.1) is 5.69 Å². The van der Waals surface area contributed by atoms with E-state index in [2.05, 4.69) is 23.8 Å². The Morgan fingerprint density at radius 1 is 1.27 bits per heavy atom. The van der Waals surface area contributed by atoms with Crippen molar-refractivity contribution in [2.24, 2.45) is 0 Å². The Bertz CT molecular complexity index is 396. The summed E-state index contributed by atoms with van der Waals surface area (Å²) in [5, 5.41) is 0. The SMILES string of the molecule is CN(C)c1nc(N)c2c(n1)CCC2(C)C. The summed E-state index contributed by atoms with van der Waals surface area (Å²) in [5.74, 6) is 1.36. The van der Waals surface area contributed by atoms with E-state index in [9.17, 15) is 0 Å². The van der Waals surface area contributed by atoms with Gasteiger partial charge >= 0.3 is 0 Å². The van der Waals surface area contributed by atoms with Crippen LogP contribution in [0.5, 0.6) is 0 Å². The van der Waals surface area contributed by atoms with Crippen LogP contribution in [0.15, 0.2) is 0 Å². The zero-order chi connectivity index (χ0) is 11.2. The van der Waals surface area contributed by atoms with Gasteiger partial charge in [-0.1, -0.05) is 13.8 Å². The van der Waals surface area contributed by atoms with E-state index in [0.717, 1.165) is 24.1 Å². The molecule has 0 radical (unpaired) electrons. The van der Waals surface area contributed by atoms with Gasteiger partial charge in [-0.3, -0.25) is 0 Å². The number of aryl methyl sites for hydroxylation is 1. The van der Waals surface area contributed by atoms with Crippen molar-refractivity contribution < 1.29 is 0 Å². The van der Waals surface area contributed by atoms with Gasteiger partial charge in [-0.25, -0.2) is 4.98 Å². The van der Waals surface area contributed by atoms with Crippen molar-refractivity contribution in [1.82, 2.24) is 9.97 Å². The first-order chi connectivity index (χ1) is 6.92. The number of hydrogen-bond donors (Lipinski definition) is 1. The average molecular weight is 206 g/mol. The van der Waals surface area contributed by atoms with Gasteiger partial charge in [0.1, 0.15) is 5.82 Å². The molecule has 4 nitrogen and oxygen atoms in total. The van der Waals surface area contributed by atoms with Crippen molar-refractivity contribution in [2.75, 3.05) is 24.7 Å². The van der Waals surface area contributed by atoms with Crippen LogP contribution in [0.3, 0.4) is 0 Å². The van der Waals surface area contributed by atoms with Gasteiger partial charge in [-0.2, -0.15) is 4.98 Å². The van der Waals surface area contributed by atoms with Crippen LogP contribution in [0, 0.1) is 0 Å². The highest BCUT2D eigenvalue weighted by atomic mass is 15.2. The van der Waals surface area contributed by atoms with E-state index < -0.39 is 0 Å². The van der Waals surface area contributed by atoms with E-state index in [-0.39, 0.29) is 5.41 Å². The minimum atomic E-state index is 0.129. The molecule has 15 heavy (non-hydrogen) atoms. The van der Waals surface area contributed by atoms with Crippen LogP contribution in [0.4, 0.5) is 11.8 Å². The van der Waals surface area contributed by atoms with Gasteiger partial charge in [-0.15, -0.1) is 0 Å². The van der Waals surface area contributed by atoms with Crippen molar-refractivity contribution in [2.45, 2.75) is 32.1 Å². The summed E-state index contributed by atoms with van der Waals surface area (Å²) in [4.78, 5) is 10.8. The van der Waals surface area contributed by atoms with Crippen LogP contribution >= 0.6 is 0 Å². The zero-order valence-corrected chi connectivity index (χ0v) is 9.83. The molecule has 4 heteroatoms. The molecule has 1 aliphatic rings. The van der Waals surface area contributed by atoms with E-state index in [1.54, 1.807) is 0 Å². The molecule has 0 fully saturated rings. The highest BCUT2D eigenvalue weighted by Crippen LogP contribution is 2.40. The van der Waals surface area contributed by atoms with Crippen LogP contribution in [0.1, 0.15) is 31.5 Å². The first-order valence-electron chi connectivity index (χ1n) is 5.26. The molecular formula is C11H18N4. The largest absolute Gasteiger partial charge is 0.383 e. The topological polar surface area (TPSA) is 55.0 Å². The quantitative estimate of drug-likeness (QED) is 0.753. The van der Waals surface area contributed by atoms with Crippen molar-refractivity contribution in [3.8, 4) is 0 Å². The van der Waals surface area contributed by atoms with Gasteiger partial charge in [-0.05, 0) is 18.3 Å². The number of hydrogen-bond acceptors (Lipinski definition) is 4. The van der Waals surface area contributed by atoms with Crippen LogP contribution in [-0.4, -0.2) is 24.1 Å². The highest BCUT2D eigenvalue weighted by molar-refractivity contribution is 5.53. The molecule has 0 amide bonds. The fraction of sp³-hybridized carbons (Fsp3) is 0.636. The first-order valence-corrected chi connectivity index (χ1v) is 5.26. The molecule has 0 unspecified atom stereocenters. The van der Waals surface area contributed by atoms with Crippen molar-refractivity contribution in [3.63, 3.8) is 0 Å². The Morgan fingerprint density at radius 2 is 1.93 bits per heavy atom. The Kier molecular flexibility index (Phi) is 2.10. The maximum Gasteiger partial charge on any atom is 0.227 e. The third-order valence-electron chi connectivity index (χ3n) is 3.06. The highest BCUT2D eigenvalue weighted by Gasteiger charge is 2.34. The lowest BCUT2D eigenvalue weighted by Gasteiger charge is -2.20. The second-order valence-electron chi connectivity index (χ2n) is 5.01. The molecule has 82 valence electrons. The zero-order valence-electron chi connectivity index (χ0n) is 9.83. The predicted octanol–water partition coefficient (Wildman–Crippen LogP) is 1.35. The Morgan fingerprint density at radius 3 is 2.53 bits per heavy atom. The van der Waals surface area contributed by atoms with Crippen molar-refractivity contribution >= 4 is 11.8 Å². The summed E-state index contributed by atoms with van der Waals surface area (Å²) in [7, 11) is 3.86. The minimum Gasteiger partial charge on any atom is -0.383 e. The van der Waals surface area contributed by atoms with E-state index in [1.807, 2.05) is 19.0 Å². The molecule has 0 aromatic carbocycles. The molecule has 2 N–H and O–H groups in total. The smallest absolute Gasteiger partial charge is 0.227 e. The number of nitrogens with two attached hydrogens (primary N) is 1. The number of anilines is 2. The molecule has 0 saturated carbocycles. The molecule has 1 aromatic heterocycles. The van der Waals surface area contributed by atoms with Gasteiger partial charge in [0.25, 0.3) is 0 Å². The van der Waals surface area contributed by atoms with Crippen LogP contribution in [0.25, 0.3) is 0 Å².